The van der Waals surface area contributed by atoms with E-state index in [4.69, 9.17) is 16.3 Å². The number of ether oxygens (including phenoxy) is 1. The van der Waals surface area contributed by atoms with E-state index in [0.717, 1.165) is 12.8 Å². The zero-order valence-corrected chi connectivity index (χ0v) is 12.6. The van der Waals surface area contributed by atoms with Crippen molar-refractivity contribution in [1.29, 1.82) is 0 Å². The minimum absolute atomic E-state index is 0.112. The van der Waals surface area contributed by atoms with Gasteiger partial charge in [-0.25, -0.2) is 0 Å². The van der Waals surface area contributed by atoms with Crippen molar-refractivity contribution in [2.45, 2.75) is 19.8 Å². The zero-order chi connectivity index (χ0) is 14.5. The van der Waals surface area contributed by atoms with Crippen molar-refractivity contribution < 1.29 is 4.74 Å². The molecular weight excluding hydrogens is 276 g/mol. The standard InChI is InChI=1S/C14H17ClN4O/c1-4-5-10-6-8-11(9-7-10)20-14-17-12(15)16-13(18-14)19(2)3/h6-9H,4-5H2,1-3H3. The van der Waals surface area contributed by atoms with E-state index in [1.165, 1.54) is 5.56 Å². The minimum Gasteiger partial charge on any atom is -0.424 e. The molecule has 0 aliphatic rings. The molecule has 0 aliphatic heterocycles. The molecule has 2 aromatic rings. The average molecular weight is 293 g/mol. The summed E-state index contributed by atoms with van der Waals surface area (Å²) in [6.45, 7) is 2.15. The summed E-state index contributed by atoms with van der Waals surface area (Å²) in [5.74, 6) is 1.14. The summed E-state index contributed by atoms with van der Waals surface area (Å²) in [5.41, 5.74) is 1.28. The summed E-state index contributed by atoms with van der Waals surface area (Å²) < 4.78 is 5.61. The van der Waals surface area contributed by atoms with E-state index in [9.17, 15) is 0 Å². The van der Waals surface area contributed by atoms with Crippen molar-refractivity contribution in [2.75, 3.05) is 19.0 Å². The highest BCUT2D eigenvalue weighted by molar-refractivity contribution is 6.28. The van der Waals surface area contributed by atoms with Gasteiger partial charge in [-0.3, -0.25) is 0 Å². The molecule has 0 fully saturated rings. The molecule has 106 valence electrons. The van der Waals surface area contributed by atoms with Crippen LogP contribution in [0, 0.1) is 0 Å². The molecule has 1 aromatic carbocycles. The van der Waals surface area contributed by atoms with Crippen LogP contribution < -0.4 is 9.64 Å². The Morgan fingerprint density at radius 1 is 1.10 bits per heavy atom. The maximum atomic E-state index is 5.86. The number of aromatic nitrogens is 3. The van der Waals surface area contributed by atoms with Gasteiger partial charge in [-0.15, -0.1) is 0 Å². The number of hydrogen-bond acceptors (Lipinski definition) is 5. The van der Waals surface area contributed by atoms with Gasteiger partial charge in [0.15, 0.2) is 0 Å². The maximum Gasteiger partial charge on any atom is 0.328 e. The first-order valence-corrected chi connectivity index (χ1v) is 6.82. The molecule has 0 radical (unpaired) electrons. The van der Waals surface area contributed by atoms with E-state index in [1.807, 2.05) is 38.4 Å². The summed E-state index contributed by atoms with van der Waals surface area (Å²) in [5, 5.41) is 0.112. The lowest BCUT2D eigenvalue weighted by Gasteiger charge is -2.11. The van der Waals surface area contributed by atoms with Crippen molar-refractivity contribution in [2.24, 2.45) is 0 Å². The highest BCUT2D eigenvalue weighted by Gasteiger charge is 2.08. The third kappa shape index (κ3) is 3.81. The van der Waals surface area contributed by atoms with E-state index in [-0.39, 0.29) is 11.3 Å². The Hall–Kier alpha value is -1.88. The molecule has 2 rings (SSSR count). The van der Waals surface area contributed by atoms with Crippen LogP contribution in [0.4, 0.5) is 5.95 Å². The largest absolute Gasteiger partial charge is 0.424 e. The number of benzene rings is 1. The first kappa shape index (κ1) is 14.5. The minimum atomic E-state index is 0.112. The topological polar surface area (TPSA) is 51.1 Å². The molecule has 0 aliphatic carbocycles. The summed E-state index contributed by atoms with van der Waals surface area (Å²) in [4.78, 5) is 13.9. The predicted molar refractivity (Wildman–Crippen MR) is 79.7 cm³/mol. The Kier molecular flexibility index (Phi) is 4.74. The van der Waals surface area contributed by atoms with Crippen molar-refractivity contribution in [3.63, 3.8) is 0 Å². The molecule has 5 nitrogen and oxygen atoms in total. The van der Waals surface area contributed by atoms with E-state index in [0.29, 0.717) is 11.7 Å². The molecular formula is C14H17ClN4O. The Bertz CT molecular complexity index is 572. The lowest BCUT2D eigenvalue weighted by atomic mass is 10.1. The highest BCUT2D eigenvalue weighted by Crippen LogP contribution is 2.21. The second-order valence-corrected chi connectivity index (χ2v) is 4.92. The summed E-state index contributed by atoms with van der Waals surface area (Å²) in [6.07, 6.45) is 2.18. The third-order valence-electron chi connectivity index (χ3n) is 2.65. The zero-order valence-electron chi connectivity index (χ0n) is 11.8. The second kappa shape index (κ2) is 6.52. The normalized spacial score (nSPS) is 10.4. The van der Waals surface area contributed by atoms with Gasteiger partial charge in [0.25, 0.3) is 0 Å². The monoisotopic (exact) mass is 292 g/mol. The van der Waals surface area contributed by atoms with Gasteiger partial charge in [0.2, 0.25) is 11.2 Å². The van der Waals surface area contributed by atoms with Gasteiger partial charge in [0.1, 0.15) is 5.75 Å². The molecule has 0 spiro atoms. The molecule has 0 bridgehead atoms. The van der Waals surface area contributed by atoms with Crippen molar-refractivity contribution in [3.05, 3.63) is 35.1 Å². The number of halogens is 1. The van der Waals surface area contributed by atoms with Gasteiger partial charge in [-0.05, 0) is 35.7 Å². The smallest absolute Gasteiger partial charge is 0.328 e. The molecule has 0 amide bonds. The number of aryl methyl sites for hydroxylation is 1. The molecule has 0 atom stereocenters. The van der Waals surface area contributed by atoms with Gasteiger partial charge in [0, 0.05) is 14.1 Å². The fourth-order valence-electron chi connectivity index (χ4n) is 1.69. The van der Waals surface area contributed by atoms with E-state index in [2.05, 4.69) is 21.9 Å². The Morgan fingerprint density at radius 3 is 2.40 bits per heavy atom. The second-order valence-electron chi connectivity index (χ2n) is 4.58. The molecule has 0 saturated heterocycles. The van der Waals surface area contributed by atoms with Crippen molar-refractivity contribution >= 4 is 17.5 Å². The van der Waals surface area contributed by atoms with Crippen LogP contribution in [0.5, 0.6) is 11.8 Å². The van der Waals surface area contributed by atoms with Crippen LogP contribution in [0.25, 0.3) is 0 Å². The van der Waals surface area contributed by atoms with Crippen LogP contribution in [0.15, 0.2) is 24.3 Å². The van der Waals surface area contributed by atoms with Crippen molar-refractivity contribution in [3.8, 4) is 11.8 Å². The molecule has 6 heteroatoms. The molecule has 0 saturated carbocycles. The van der Waals surface area contributed by atoms with Gasteiger partial charge in [0.05, 0.1) is 0 Å². The van der Waals surface area contributed by atoms with Gasteiger partial charge >= 0.3 is 6.01 Å². The lowest BCUT2D eigenvalue weighted by Crippen LogP contribution is -2.13. The van der Waals surface area contributed by atoms with E-state index >= 15 is 0 Å². The Balaban J connectivity index is 2.16. The van der Waals surface area contributed by atoms with Gasteiger partial charge < -0.3 is 9.64 Å². The summed E-state index contributed by atoms with van der Waals surface area (Å²) in [7, 11) is 3.66. The van der Waals surface area contributed by atoms with Crippen LogP contribution in [-0.4, -0.2) is 29.0 Å². The molecule has 20 heavy (non-hydrogen) atoms. The van der Waals surface area contributed by atoms with Crippen molar-refractivity contribution in [1.82, 2.24) is 15.0 Å². The SMILES string of the molecule is CCCc1ccc(Oc2nc(Cl)nc(N(C)C)n2)cc1. The van der Waals surface area contributed by atoms with Crippen LogP contribution in [0.1, 0.15) is 18.9 Å². The number of hydrogen-bond donors (Lipinski definition) is 0. The number of anilines is 1. The molecule has 0 N–H and O–H groups in total. The summed E-state index contributed by atoms with van der Waals surface area (Å²) >= 11 is 5.86. The first-order valence-electron chi connectivity index (χ1n) is 6.44. The fourth-order valence-corrected chi connectivity index (χ4v) is 1.83. The predicted octanol–water partition coefficient (Wildman–Crippen LogP) is 3.34. The van der Waals surface area contributed by atoms with Crippen LogP contribution in [0.2, 0.25) is 5.28 Å². The summed E-state index contributed by atoms with van der Waals surface area (Å²) in [6, 6.07) is 8.07. The fraction of sp³-hybridized carbons (Fsp3) is 0.357. The number of nitrogens with zero attached hydrogens (tertiary/aromatic N) is 4. The highest BCUT2D eigenvalue weighted by atomic mass is 35.5. The first-order chi connectivity index (χ1) is 9.58. The van der Waals surface area contributed by atoms with Gasteiger partial charge in [-0.1, -0.05) is 25.5 Å². The Labute approximate surface area is 123 Å². The van der Waals surface area contributed by atoms with Crippen LogP contribution in [-0.2, 0) is 6.42 Å². The molecule has 1 heterocycles. The average Bonchev–Trinajstić information content (AvgIpc) is 2.40. The molecule has 1 aromatic heterocycles. The Morgan fingerprint density at radius 2 is 1.80 bits per heavy atom. The van der Waals surface area contributed by atoms with E-state index < -0.39 is 0 Å². The van der Waals surface area contributed by atoms with Crippen LogP contribution in [0.3, 0.4) is 0 Å². The quantitative estimate of drug-likeness (QED) is 0.846. The van der Waals surface area contributed by atoms with E-state index in [1.54, 1.807) is 4.90 Å². The number of rotatable bonds is 5. The van der Waals surface area contributed by atoms with Gasteiger partial charge in [-0.2, -0.15) is 15.0 Å². The molecule has 0 unspecified atom stereocenters. The third-order valence-corrected chi connectivity index (χ3v) is 2.82. The van der Waals surface area contributed by atoms with Crippen LogP contribution >= 0.6 is 11.6 Å². The maximum absolute atomic E-state index is 5.86. The lowest BCUT2D eigenvalue weighted by molar-refractivity contribution is 0.439.